The molecule has 7 aliphatic heterocycles. The Balaban J connectivity index is 0.766. The molecule has 6 aromatic rings. The lowest BCUT2D eigenvalue weighted by Gasteiger charge is -2.46. The summed E-state index contributed by atoms with van der Waals surface area (Å²) < 4.78 is 19.2. The summed E-state index contributed by atoms with van der Waals surface area (Å²) in [5.74, 6) is 1.53. The first kappa shape index (κ1) is 57.7. The lowest BCUT2D eigenvalue weighted by molar-refractivity contribution is -0.129. The number of likely N-dealkylation sites (N-methyl/N-ethyl adjacent to an activating group) is 1. The number of carbonyl (C=O) groups excluding carboxylic acids is 2. The number of piperazine rings is 2. The van der Waals surface area contributed by atoms with E-state index in [1.807, 2.05) is 0 Å². The van der Waals surface area contributed by atoms with Crippen molar-refractivity contribution in [2.45, 2.75) is 114 Å². The molecule has 0 spiro atoms. The van der Waals surface area contributed by atoms with E-state index in [1.54, 1.807) is 9.80 Å². The topological polar surface area (TPSA) is 187 Å². The predicted octanol–water partition coefficient (Wildman–Crippen LogP) is 7.74. The molecule has 0 radical (unpaired) electrons. The largest absolute Gasteiger partial charge is 0.463 e. The summed E-state index contributed by atoms with van der Waals surface area (Å²) in [5.41, 5.74) is 8.85. The predicted molar refractivity (Wildman–Crippen MR) is 336 cm³/mol. The van der Waals surface area contributed by atoms with Gasteiger partial charge in [-0.25, -0.2) is 0 Å². The number of hydrogen-bond donors (Lipinski definition) is 0. The number of benzene rings is 4. The minimum atomic E-state index is -0.323. The molecule has 450 valence electrons. The average Bonchev–Trinajstić information content (AvgIpc) is 2.51. The minimum absolute atomic E-state index is 0.0775. The summed E-state index contributed by atoms with van der Waals surface area (Å²) in [4.78, 5) is 64.9. The van der Waals surface area contributed by atoms with Gasteiger partial charge in [0, 0.05) is 117 Å². The number of nitriles is 2. The van der Waals surface area contributed by atoms with Crippen molar-refractivity contribution in [3.63, 3.8) is 0 Å². The molecule has 19 heteroatoms. The zero-order chi connectivity index (χ0) is 59.9. The van der Waals surface area contributed by atoms with Crippen LogP contribution in [0.15, 0.2) is 98.1 Å². The van der Waals surface area contributed by atoms with Crippen molar-refractivity contribution in [2.75, 3.05) is 112 Å². The first-order valence-corrected chi connectivity index (χ1v) is 31.2. The molecule has 7 aliphatic rings. The third-order valence-electron chi connectivity index (χ3n) is 19.5. The Morgan fingerprint density at radius 1 is 0.713 bits per heavy atom. The highest BCUT2D eigenvalue weighted by Crippen LogP contribution is 2.42. The normalized spacial score (nSPS) is 23.8. The second kappa shape index (κ2) is 24.8. The van der Waals surface area contributed by atoms with Gasteiger partial charge in [-0.15, -0.1) is 0 Å². The van der Waals surface area contributed by atoms with E-state index < -0.39 is 0 Å². The standard InChI is InChI=1S/C68H78N14O5/c1-6-62(83)80-29-28-79(37-50(80)19-23-69)65-56-21-27-78(41-58(56)71-67(73-65)85-30-12-25-76-39-54-34-53(76)43-86-54)61-33-48(31-47-16-10-13-44(3)64(47)61)49-32-52(75(5)36-49)42-87-68-72-59-40-77(60-18-11-15-46-14-8-9-17-55(46)60)26-22-57(59)66(74-68)81-38-51(20-24-70)82(35-45(81)4)63(84)7-2/h6-11,13-18,31,33,45,49-54H,1-2,12,19-22,25-30,32,34-43H2,3-5H3/t45-,49?,50-,51-,52-,53-,54-/m0/s1. The fourth-order valence-electron chi connectivity index (χ4n) is 15.0. The van der Waals surface area contributed by atoms with Crippen LogP contribution in [0.25, 0.3) is 21.5 Å². The second-order valence-electron chi connectivity index (χ2n) is 24.9. The lowest BCUT2D eigenvalue weighted by Crippen LogP contribution is -2.59. The zero-order valence-electron chi connectivity index (χ0n) is 50.4. The SMILES string of the molecule is C=CC(=O)N1CCN(c2nc(OCCCN3C[C@@H]4C[C@H]3CO4)nc3c2CCN(c2cc(C4C[C@@H](COc5nc6c(c(N7C[C@H](CC#N)N(C(=O)C=C)C[C@@H]7C)n5)CCN(c5cccc7ccccc57)C6)N(C)C4)cc4cccc(C)c24)C3)C[C@@H]1CC#N. The van der Waals surface area contributed by atoms with Crippen LogP contribution >= 0.6 is 0 Å². The molecule has 2 amide bonds. The molecule has 0 aliphatic carbocycles. The van der Waals surface area contributed by atoms with Gasteiger partial charge in [-0.1, -0.05) is 73.8 Å². The molecular weight excluding hydrogens is 1090 g/mol. The number of nitrogens with zero attached hydrogens (tertiary/aromatic N) is 14. The van der Waals surface area contributed by atoms with Crippen molar-refractivity contribution in [1.82, 2.24) is 39.5 Å². The Morgan fingerprint density at radius 2 is 1.40 bits per heavy atom. The van der Waals surface area contributed by atoms with E-state index in [2.05, 4.69) is 148 Å². The molecule has 0 N–H and O–H groups in total. The number of carbonyl (C=O) groups is 2. The molecule has 19 nitrogen and oxygen atoms in total. The van der Waals surface area contributed by atoms with E-state index in [9.17, 15) is 20.1 Å². The van der Waals surface area contributed by atoms with E-state index in [4.69, 9.17) is 34.1 Å². The highest BCUT2D eigenvalue weighted by Gasteiger charge is 2.41. The third-order valence-corrected chi connectivity index (χ3v) is 19.5. The number of aromatic nitrogens is 4. The van der Waals surface area contributed by atoms with Gasteiger partial charge in [0.1, 0.15) is 18.2 Å². The van der Waals surface area contributed by atoms with Crippen LogP contribution in [0.4, 0.5) is 23.0 Å². The Labute approximate surface area is 510 Å². The Morgan fingerprint density at radius 3 is 2.15 bits per heavy atom. The van der Waals surface area contributed by atoms with Gasteiger partial charge in [0.05, 0.1) is 80.9 Å². The molecule has 7 atom stereocenters. The van der Waals surface area contributed by atoms with Crippen molar-refractivity contribution in [3.05, 3.63) is 132 Å². The molecule has 13 rings (SSSR count). The maximum absolute atomic E-state index is 13.1. The number of fused-ring (bicyclic) bond motifs is 6. The second-order valence-corrected chi connectivity index (χ2v) is 24.9. The number of aryl methyl sites for hydroxylation is 1. The van der Waals surface area contributed by atoms with Crippen molar-refractivity contribution in [2.24, 2.45) is 0 Å². The molecule has 0 saturated carbocycles. The molecule has 5 fully saturated rings. The van der Waals surface area contributed by atoms with E-state index in [0.29, 0.717) is 89.6 Å². The van der Waals surface area contributed by atoms with Crippen LogP contribution in [-0.4, -0.2) is 180 Å². The average molecular weight is 1170 g/mol. The lowest BCUT2D eigenvalue weighted by atomic mass is 9.91. The molecule has 2 aromatic heterocycles. The zero-order valence-corrected chi connectivity index (χ0v) is 50.4. The number of ether oxygens (including phenoxy) is 3. The molecule has 5 saturated heterocycles. The summed E-state index contributed by atoms with van der Waals surface area (Å²) in [6.45, 7) is 21.3. The molecular formula is C68H78N14O5. The van der Waals surface area contributed by atoms with Gasteiger partial charge in [0.15, 0.2) is 0 Å². The van der Waals surface area contributed by atoms with Crippen molar-refractivity contribution in [1.29, 1.82) is 10.5 Å². The summed E-state index contributed by atoms with van der Waals surface area (Å²) in [6.07, 6.45) is 7.69. The number of anilines is 4. The molecule has 9 heterocycles. The van der Waals surface area contributed by atoms with Gasteiger partial charge in [0.2, 0.25) is 11.8 Å². The molecule has 1 unspecified atom stereocenters. The highest BCUT2D eigenvalue weighted by atomic mass is 16.5. The van der Waals surface area contributed by atoms with E-state index >= 15 is 0 Å². The maximum atomic E-state index is 13.1. The van der Waals surface area contributed by atoms with Crippen LogP contribution in [-0.2, 0) is 40.3 Å². The summed E-state index contributed by atoms with van der Waals surface area (Å²) in [5, 5.41) is 24.7. The Kier molecular flexibility index (Phi) is 16.4. The van der Waals surface area contributed by atoms with Crippen molar-refractivity contribution >= 4 is 56.4 Å². The fourth-order valence-corrected chi connectivity index (χ4v) is 15.0. The number of morpholine rings is 1. The van der Waals surface area contributed by atoms with Gasteiger partial charge >= 0.3 is 12.0 Å². The first-order chi connectivity index (χ1) is 42.4. The van der Waals surface area contributed by atoms with E-state index in [-0.39, 0.29) is 54.7 Å². The monoisotopic (exact) mass is 1170 g/mol. The van der Waals surface area contributed by atoms with Crippen molar-refractivity contribution < 1.29 is 23.8 Å². The van der Waals surface area contributed by atoms with E-state index in [0.717, 1.165) is 105 Å². The summed E-state index contributed by atoms with van der Waals surface area (Å²) in [6, 6.07) is 31.6. The number of amides is 2. The number of likely N-dealkylation sites (tertiary alicyclic amines) is 2. The van der Waals surface area contributed by atoms with Gasteiger partial charge in [0.25, 0.3) is 0 Å². The van der Waals surface area contributed by atoms with Crippen LogP contribution in [0.1, 0.15) is 78.6 Å². The highest BCUT2D eigenvalue weighted by molar-refractivity contribution is 5.98. The van der Waals surface area contributed by atoms with Crippen LogP contribution in [0.2, 0.25) is 0 Å². The molecule has 4 aromatic carbocycles. The van der Waals surface area contributed by atoms with Crippen molar-refractivity contribution in [3.8, 4) is 24.2 Å². The van der Waals surface area contributed by atoms with Gasteiger partial charge in [-0.3, -0.25) is 19.4 Å². The van der Waals surface area contributed by atoms with E-state index in [1.165, 1.54) is 50.5 Å². The van der Waals surface area contributed by atoms with Gasteiger partial charge < -0.3 is 43.6 Å². The Bertz CT molecular complexity index is 3710. The van der Waals surface area contributed by atoms with Gasteiger partial charge in [-0.2, -0.15) is 30.5 Å². The number of rotatable bonds is 17. The molecule has 2 bridgehead atoms. The first-order valence-electron chi connectivity index (χ1n) is 31.2. The Hall–Kier alpha value is -8.36. The minimum Gasteiger partial charge on any atom is -0.463 e. The van der Waals surface area contributed by atoms with Crippen LogP contribution in [0.3, 0.4) is 0 Å². The summed E-state index contributed by atoms with van der Waals surface area (Å²) >= 11 is 0. The van der Waals surface area contributed by atoms with Crippen LogP contribution < -0.4 is 29.1 Å². The third kappa shape index (κ3) is 11.5. The number of hydrogen-bond acceptors (Lipinski definition) is 17. The molecule has 87 heavy (non-hydrogen) atoms. The van der Waals surface area contributed by atoms with Gasteiger partial charge in [-0.05, 0) is 105 Å². The van der Waals surface area contributed by atoms with Crippen LogP contribution in [0.5, 0.6) is 12.0 Å². The van der Waals surface area contributed by atoms with Crippen LogP contribution in [0, 0.1) is 29.6 Å². The maximum Gasteiger partial charge on any atom is 0.318 e. The fraction of sp³-hybridized carbons (Fsp3) is 0.471. The smallest absolute Gasteiger partial charge is 0.318 e. The quantitative estimate of drug-likeness (QED) is 0.0637. The summed E-state index contributed by atoms with van der Waals surface area (Å²) in [7, 11) is 2.19.